The second-order valence-corrected chi connectivity index (χ2v) is 11.6. The Morgan fingerprint density at radius 1 is 0.581 bits per heavy atom. The molecule has 5 heteroatoms. The van der Waals surface area contributed by atoms with Crippen LogP contribution in [-0.4, -0.2) is 0 Å². The van der Waals surface area contributed by atoms with Crippen LogP contribution in [0.3, 0.4) is 0 Å². The van der Waals surface area contributed by atoms with Gasteiger partial charge in [0.1, 0.15) is 0 Å². The molecule has 0 fully saturated rings. The van der Waals surface area contributed by atoms with Crippen molar-refractivity contribution in [2.24, 2.45) is 0 Å². The van der Waals surface area contributed by atoms with E-state index >= 15 is 0 Å². The maximum absolute atomic E-state index is 3.60. The smallest absolute Gasteiger partial charge is 0.0497 e. The van der Waals surface area contributed by atoms with Crippen molar-refractivity contribution in [1.29, 1.82) is 0 Å². The zero-order valence-corrected chi connectivity index (χ0v) is 23.9. The molecule has 0 radical (unpaired) electrons. The van der Waals surface area contributed by atoms with Gasteiger partial charge in [0.15, 0.2) is 0 Å². The summed E-state index contributed by atoms with van der Waals surface area (Å²) >= 11 is 13.2. The Hall–Kier alpha value is -0.990. The predicted molar refractivity (Wildman–Crippen MR) is 158 cm³/mol. The molecule has 2 heterocycles. The van der Waals surface area contributed by atoms with Gasteiger partial charge in [-0.3, -0.25) is 0 Å². The number of halogens is 3. The Bertz CT molecular complexity index is 1500. The van der Waals surface area contributed by atoms with Crippen molar-refractivity contribution in [2.75, 3.05) is 0 Å². The highest BCUT2D eigenvalue weighted by Crippen LogP contribution is 2.39. The maximum atomic E-state index is 3.60. The molecule has 0 amide bonds. The van der Waals surface area contributed by atoms with E-state index in [4.69, 9.17) is 0 Å². The number of hydrogen-bond acceptors (Lipinski definition) is 2. The minimum Gasteiger partial charge on any atom is -0.134 e. The van der Waals surface area contributed by atoms with Gasteiger partial charge in [-0.15, -0.1) is 22.7 Å². The summed E-state index contributed by atoms with van der Waals surface area (Å²) in [6.45, 7) is 4.00. The summed E-state index contributed by atoms with van der Waals surface area (Å²) in [5.74, 6) is 0. The van der Waals surface area contributed by atoms with E-state index in [0.717, 1.165) is 0 Å². The molecule has 0 aliphatic rings. The molecule has 0 aliphatic heterocycles. The molecule has 0 atom stereocenters. The third-order valence-corrected chi connectivity index (χ3v) is 9.72. The average molecular weight is 682 g/mol. The van der Waals surface area contributed by atoms with Gasteiger partial charge in [0.25, 0.3) is 0 Å². The van der Waals surface area contributed by atoms with Crippen LogP contribution in [0.5, 0.6) is 0 Å². The molecule has 0 aliphatic carbocycles. The average Bonchev–Trinajstić information content (AvgIpc) is 3.36. The van der Waals surface area contributed by atoms with E-state index in [1.165, 1.54) is 52.9 Å². The third kappa shape index (κ3) is 4.71. The quantitative estimate of drug-likeness (QED) is 0.140. The minimum absolute atomic E-state index is 1.19. The second-order valence-electron chi connectivity index (χ2n) is 6.57. The highest BCUT2D eigenvalue weighted by atomic mass is 127. The van der Waals surface area contributed by atoms with Crippen LogP contribution in [0.2, 0.25) is 0 Å². The van der Waals surface area contributed by atoms with Crippen molar-refractivity contribution in [3.05, 3.63) is 91.4 Å². The second kappa shape index (κ2) is 10.3. The molecule has 0 saturated carbocycles. The topological polar surface area (TPSA) is 0 Å². The van der Waals surface area contributed by atoms with E-state index in [-0.39, 0.29) is 0 Å². The number of hydrogen-bond donors (Lipinski definition) is 0. The van der Waals surface area contributed by atoms with Gasteiger partial charge in [0.2, 0.25) is 0 Å². The molecule has 0 bridgehead atoms. The van der Waals surface area contributed by atoms with Gasteiger partial charge >= 0.3 is 0 Å². The SMILES string of the molecule is Brc1cccc2c1sc1ccc(I)cc12.Brc1cccc2c1sc1ccccc12.CC. The molecule has 0 saturated heterocycles. The van der Waals surface area contributed by atoms with E-state index in [9.17, 15) is 0 Å². The van der Waals surface area contributed by atoms with Gasteiger partial charge in [-0.05, 0) is 90.8 Å². The van der Waals surface area contributed by atoms with Crippen LogP contribution in [0.1, 0.15) is 13.8 Å². The first-order valence-electron chi connectivity index (χ1n) is 9.94. The number of thiophene rings is 2. The molecule has 2 aromatic heterocycles. The lowest BCUT2D eigenvalue weighted by molar-refractivity contribution is 1.50. The van der Waals surface area contributed by atoms with Gasteiger partial charge in [0.05, 0.1) is 0 Å². The minimum atomic E-state index is 1.19. The molecule has 4 aromatic carbocycles. The molecule has 156 valence electrons. The van der Waals surface area contributed by atoms with E-state index in [0.29, 0.717) is 0 Å². The van der Waals surface area contributed by atoms with Crippen LogP contribution < -0.4 is 0 Å². The lowest BCUT2D eigenvalue weighted by atomic mass is 10.2. The molecule has 0 N–H and O–H groups in total. The molecule has 6 aromatic rings. The van der Waals surface area contributed by atoms with E-state index in [2.05, 4.69) is 133 Å². The standard InChI is InChI=1S/C12H6BrIS.C12H7BrS.C2H6/c13-10-3-1-2-8-9-6-7(14)4-5-11(9)15-12(8)10;13-10-6-3-5-9-8-4-1-2-7-11(8)14-12(9)10;1-2/h1-6H;1-7H;1-2H3. The van der Waals surface area contributed by atoms with Gasteiger partial charge in [-0.25, -0.2) is 0 Å². The van der Waals surface area contributed by atoms with Crippen LogP contribution in [-0.2, 0) is 0 Å². The van der Waals surface area contributed by atoms with Gasteiger partial charge in [0, 0.05) is 52.9 Å². The molecule has 31 heavy (non-hydrogen) atoms. The Morgan fingerprint density at radius 2 is 1.10 bits per heavy atom. The number of fused-ring (bicyclic) bond motifs is 6. The van der Waals surface area contributed by atoms with Gasteiger partial charge in [-0.1, -0.05) is 56.3 Å². The van der Waals surface area contributed by atoms with E-state index in [1.807, 2.05) is 36.5 Å². The predicted octanol–water partition coefficient (Wildman–Crippen LogP) is 11.3. The molecule has 0 nitrogen and oxygen atoms in total. The summed E-state index contributed by atoms with van der Waals surface area (Å²) in [6.07, 6.45) is 0. The molecule has 0 spiro atoms. The Morgan fingerprint density at radius 3 is 1.74 bits per heavy atom. The summed E-state index contributed by atoms with van der Waals surface area (Å²) in [5, 5.41) is 5.42. The van der Waals surface area contributed by atoms with Gasteiger partial charge in [-0.2, -0.15) is 0 Å². The summed E-state index contributed by atoms with van der Waals surface area (Å²) in [5.41, 5.74) is 0. The summed E-state index contributed by atoms with van der Waals surface area (Å²) in [6, 6.07) is 27.9. The first-order chi connectivity index (χ1) is 15.1. The lowest BCUT2D eigenvalue weighted by Gasteiger charge is -1.93. The van der Waals surface area contributed by atoms with Gasteiger partial charge < -0.3 is 0 Å². The van der Waals surface area contributed by atoms with Crippen molar-refractivity contribution in [1.82, 2.24) is 0 Å². The van der Waals surface area contributed by atoms with Crippen LogP contribution in [0.4, 0.5) is 0 Å². The summed E-state index contributed by atoms with van der Waals surface area (Å²) in [4.78, 5) is 0. The zero-order valence-electron chi connectivity index (χ0n) is 17.0. The van der Waals surface area contributed by atoms with E-state index < -0.39 is 0 Å². The zero-order chi connectivity index (χ0) is 22.0. The van der Waals surface area contributed by atoms with Crippen molar-refractivity contribution in [3.8, 4) is 0 Å². The van der Waals surface area contributed by atoms with Crippen molar-refractivity contribution in [3.63, 3.8) is 0 Å². The maximum Gasteiger partial charge on any atom is 0.0497 e. The van der Waals surface area contributed by atoms with Crippen molar-refractivity contribution < 1.29 is 0 Å². The molecular weight excluding hydrogens is 663 g/mol. The first kappa shape index (κ1) is 23.2. The summed E-state index contributed by atoms with van der Waals surface area (Å²) < 4.78 is 9.07. The normalized spacial score (nSPS) is 10.7. The Balaban J connectivity index is 0.000000139. The largest absolute Gasteiger partial charge is 0.134 e. The first-order valence-corrected chi connectivity index (χ1v) is 14.2. The fraction of sp³-hybridized carbons (Fsp3) is 0.0769. The third-order valence-electron chi connectivity index (χ3n) is 4.77. The Labute approximate surface area is 220 Å². The highest BCUT2D eigenvalue weighted by molar-refractivity contribution is 14.1. The van der Waals surface area contributed by atoms with E-state index in [1.54, 1.807) is 0 Å². The lowest BCUT2D eigenvalue weighted by Crippen LogP contribution is -1.69. The monoisotopic (exact) mass is 680 g/mol. The van der Waals surface area contributed by atoms with Crippen LogP contribution >= 0.6 is 77.1 Å². The van der Waals surface area contributed by atoms with Crippen LogP contribution in [0.15, 0.2) is 87.8 Å². The fourth-order valence-electron chi connectivity index (χ4n) is 3.45. The van der Waals surface area contributed by atoms with Crippen molar-refractivity contribution >= 4 is 117 Å². The summed E-state index contributed by atoms with van der Waals surface area (Å²) in [7, 11) is 0. The van der Waals surface area contributed by atoms with Crippen LogP contribution in [0, 0.1) is 3.57 Å². The molecule has 6 rings (SSSR count). The highest BCUT2D eigenvalue weighted by Gasteiger charge is 2.07. The van der Waals surface area contributed by atoms with Crippen LogP contribution in [0.25, 0.3) is 40.3 Å². The number of benzene rings is 4. The fourth-order valence-corrected chi connectivity index (χ4v) is 7.35. The Kier molecular flexibility index (Phi) is 7.70. The van der Waals surface area contributed by atoms with Crippen molar-refractivity contribution in [2.45, 2.75) is 13.8 Å². The molecular formula is C26H19Br2IS2. The number of rotatable bonds is 0. The molecule has 0 unspecified atom stereocenters.